The number of benzene rings is 1. The molecule has 0 bridgehead atoms. The van der Waals surface area contributed by atoms with Crippen molar-refractivity contribution in [1.29, 1.82) is 0 Å². The van der Waals surface area contributed by atoms with Crippen LogP contribution < -0.4 is 10.1 Å². The minimum absolute atomic E-state index is 0.197. The summed E-state index contributed by atoms with van der Waals surface area (Å²) in [4.78, 5) is 0. The van der Waals surface area contributed by atoms with Crippen molar-refractivity contribution in [2.45, 2.75) is 59.6 Å². The van der Waals surface area contributed by atoms with E-state index in [0.717, 1.165) is 25.1 Å². The maximum Gasteiger partial charge on any atom is 0.122 e. The van der Waals surface area contributed by atoms with Crippen LogP contribution in [0.5, 0.6) is 5.75 Å². The molecule has 0 spiro atoms. The molecule has 0 saturated carbocycles. The van der Waals surface area contributed by atoms with E-state index in [-0.39, 0.29) is 6.10 Å². The number of hydrogen-bond acceptors (Lipinski definition) is 2. The lowest BCUT2D eigenvalue weighted by atomic mass is 10.1. The van der Waals surface area contributed by atoms with Gasteiger partial charge in [0.2, 0.25) is 0 Å². The van der Waals surface area contributed by atoms with Crippen LogP contribution in [-0.4, -0.2) is 18.7 Å². The highest BCUT2D eigenvalue weighted by Crippen LogP contribution is 2.21. The molecule has 1 aromatic carbocycles. The molecule has 18 heavy (non-hydrogen) atoms. The van der Waals surface area contributed by atoms with E-state index in [2.05, 4.69) is 58.1 Å². The van der Waals surface area contributed by atoms with Gasteiger partial charge in [0.25, 0.3) is 0 Å². The fourth-order valence-corrected chi connectivity index (χ4v) is 2.19. The van der Waals surface area contributed by atoms with Crippen LogP contribution >= 0.6 is 0 Å². The van der Waals surface area contributed by atoms with Crippen molar-refractivity contribution >= 4 is 0 Å². The third-order valence-electron chi connectivity index (χ3n) is 3.31. The highest BCUT2D eigenvalue weighted by atomic mass is 16.5. The van der Waals surface area contributed by atoms with Gasteiger partial charge in [-0.3, -0.25) is 0 Å². The van der Waals surface area contributed by atoms with Gasteiger partial charge in [0.15, 0.2) is 0 Å². The molecule has 0 radical (unpaired) electrons. The summed E-state index contributed by atoms with van der Waals surface area (Å²) in [6.07, 6.45) is 2.45. The smallest absolute Gasteiger partial charge is 0.122 e. The topological polar surface area (TPSA) is 21.3 Å². The Bertz CT molecular complexity index is 362. The molecule has 0 aliphatic heterocycles. The number of hydrogen-bond donors (Lipinski definition) is 1. The Morgan fingerprint density at radius 2 is 1.94 bits per heavy atom. The van der Waals surface area contributed by atoms with Gasteiger partial charge in [-0.15, -0.1) is 0 Å². The molecule has 102 valence electrons. The van der Waals surface area contributed by atoms with Gasteiger partial charge in [0.1, 0.15) is 11.9 Å². The molecule has 0 amide bonds. The number of aryl methyl sites for hydroxylation is 2. The van der Waals surface area contributed by atoms with Crippen LogP contribution in [0.1, 0.15) is 44.7 Å². The molecule has 2 nitrogen and oxygen atoms in total. The summed E-state index contributed by atoms with van der Waals surface area (Å²) in [5.41, 5.74) is 2.50. The lowest BCUT2D eigenvalue weighted by Crippen LogP contribution is -2.41. The molecule has 0 aliphatic rings. The Kier molecular flexibility index (Phi) is 6.20. The van der Waals surface area contributed by atoms with Crippen molar-refractivity contribution in [1.82, 2.24) is 5.32 Å². The Labute approximate surface area is 112 Å². The van der Waals surface area contributed by atoms with Crippen LogP contribution in [0.25, 0.3) is 0 Å². The lowest BCUT2D eigenvalue weighted by molar-refractivity contribution is 0.166. The zero-order valence-electron chi connectivity index (χ0n) is 12.4. The zero-order chi connectivity index (χ0) is 13.5. The predicted octanol–water partition coefficient (Wildman–Crippen LogP) is 3.85. The van der Waals surface area contributed by atoms with E-state index in [4.69, 9.17) is 4.74 Å². The van der Waals surface area contributed by atoms with E-state index in [0.29, 0.717) is 6.04 Å². The van der Waals surface area contributed by atoms with Crippen LogP contribution in [0.2, 0.25) is 0 Å². The highest BCUT2D eigenvalue weighted by molar-refractivity contribution is 5.35. The summed E-state index contributed by atoms with van der Waals surface area (Å²) in [6.45, 7) is 11.8. The average molecular weight is 249 g/mol. The molecule has 0 fully saturated rings. The van der Waals surface area contributed by atoms with Gasteiger partial charge < -0.3 is 10.1 Å². The van der Waals surface area contributed by atoms with E-state index in [1.54, 1.807) is 0 Å². The van der Waals surface area contributed by atoms with E-state index < -0.39 is 0 Å². The highest BCUT2D eigenvalue weighted by Gasteiger charge is 2.16. The van der Waals surface area contributed by atoms with Crippen molar-refractivity contribution in [3.8, 4) is 5.75 Å². The molecule has 2 atom stereocenters. The van der Waals surface area contributed by atoms with Gasteiger partial charge in [-0.1, -0.05) is 31.5 Å². The largest absolute Gasteiger partial charge is 0.489 e. The fourth-order valence-electron chi connectivity index (χ4n) is 2.19. The normalized spacial score (nSPS) is 14.3. The van der Waals surface area contributed by atoms with Crippen molar-refractivity contribution in [3.63, 3.8) is 0 Å². The number of rotatable bonds is 7. The van der Waals surface area contributed by atoms with Crippen LogP contribution in [0, 0.1) is 13.8 Å². The molecular formula is C16H27NO. The average Bonchev–Trinajstić information content (AvgIpc) is 2.34. The van der Waals surface area contributed by atoms with Gasteiger partial charge in [0, 0.05) is 6.04 Å². The third kappa shape index (κ3) is 4.34. The zero-order valence-corrected chi connectivity index (χ0v) is 12.4. The Hall–Kier alpha value is -1.02. The second kappa shape index (κ2) is 7.42. The van der Waals surface area contributed by atoms with Gasteiger partial charge in [-0.05, 0) is 51.8 Å². The van der Waals surface area contributed by atoms with Crippen LogP contribution in [0.15, 0.2) is 18.2 Å². The Morgan fingerprint density at radius 3 is 2.50 bits per heavy atom. The SMILES string of the molecule is CCCNC(CC)C(C)Oc1ccc(C)cc1C. The van der Waals surface area contributed by atoms with Crippen molar-refractivity contribution in [3.05, 3.63) is 29.3 Å². The summed E-state index contributed by atoms with van der Waals surface area (Å²) in [5, 5.41) is 3.54. The molecule has 0 saturated heterocycles. The number of nitrogens with one attached hydrogen (secondary N) is 1. The summed E-state index contributed by atoms with van der Waals surface area (Å²) in [5.74, 6) is 1.00. The van der Waals surface area contributed by atoms with Gasteiger partial charge >= 0.3 is 0 Å². The molecule has 1 rings (SSSR count). The van der Waals surface area contributed by atoms with Crippen molar-refractivity contribution in [2.75, 3.05) is 6.54 Å². The standard InChI is InChI=1S/C16H27NO/c1-6-10-17-15(7-2)14(5)18-16-9-8-12(3)11-13(16)4/h8-9,11,14-15,17H,6-7,10H2,1-5H3. The lowest BCUT2D eigenvalue weighted by Gasteiger charge is -2.25. The second-order valence-electron chi connectivity index (χ2n) is 5.06. The predicted molar refractivity (Wildman–Crippen MR) is 78.4 cm³/mol. The van der Waals surface area contributed by atoms with Crippen molar-refractivity contribution < 1.29 is 4.74 Å². The quantitative estimate of drug-likeness (QED) is 0.792. The van der Waals surface area contributed by atoms with Gasteiger partial charge in [-0.2, -0.15) is 0 Å². The fraction of sp³-hybridized carbons (Fsp3) is 0.625. The molecule has 1 aromatic rings. The first-order chi connectivity index (χ1) is 8.58. The molecule has 2 unspecified atom stereocenters. The van der Waals surface area contributed by atoms with Crippen molar-refractivity contribution in [2.24, 2.45) is 0 Å². The van der Waals surface area contributed by atoms with Gasteiger partial charge in [-0.25, -0.2) is 0 Å². The minimum Gasteiger partial charge on any atom is -0.489 e. The molecule has 0 aliphatic carbocycles. The molecule has 2 heteroatoms. The summed E-state index contributed by atoms with van der Waals surface area (Å²) in [7, 11) is 0. The van der Waals surface area contributed by atoms with Crippen LogP contribution in [-0.2, 0) is 0 Å². The Morgan fingerprint density at radius 1 is 1.22 bits per heavy atom. The van der Waals surface area contributed by atoms with Crippen LogP contribution in [0.3, 0.4) is 0 Å². The van der Waals surface area contributed by atoms with E-state index in [1.165, 1.54) is 11.1 Å². The second-order valence-corrected chi connectivity index (χ2v) is 5.06. The Balaban J connectivity index is 2.64. The summed E-state index contributed by atoms with van der Waals surface area (Å²) >= 11 is 0. The third-order valence-corrected chi connectivity index (χ3v) is 3.31. The summed E-state index contributed by atoms with van der Waals surface area (Å²) in [6, 6.07) is 6.77. The first-order valence-corrected chi connectivity index (χ1v) is 7.05. The molecular weight excluding hydrogens is 222 g/mol. The van der Waals surface area contributed by atoms with E-state index in [1.807, 2.05) is 0 Å². The van der Waals surface area contributed by atoms with E-state index >= 15 is 0 Å². The monoisotopic (exact) mass is 249 g/mol. The summed E-state index contributed by atoms with van der Waals surface area (Å²) < 4.78 is 6.09. The van der Waals surface area contributed by atoms with Crippen LogP contribution in [0.4, 0.5) is 0 Å². The first kappa shape index (κ1) is 15.0. The van der Waals surface area contributed by atoms with Gasteiger partial charge in [0.05, 0.1) is 0 Å². The van der Waals surface area contributed by atoms with E-state index in [9.17, 15) is 0 Å². The molecule has 0 heterocycles. The molecule has 0 aromatic heterocycles. The minimum atomic E-state index is 0.197. The maximum atomic E-state index is 6.09. The first-order valence-electron chi connectivity index (χ1n) is 7.05. The maximum absolute atomic E-state index is 6.09. The molecule has 1 N–H and O–H groups in total. The number of ether oxygens (including phenoxy) is 1.